The average molecular weight is 449 g/mol. The predicted octanol–water partition coefficient (Wildman–Crippen LogP) is -3.33. The summed E-state index contributed by atoms with van der Waals surface area (Å²) in [6.45, 7) is -0.831. The van der Waals surface area contributed by atoms with Crippen molar-refractivity contribution in [1.29, 1.82) is 0 Å². The number of imidazole rings is 1. The maximum absolute atomic E-state index is 12.5. The molecule has 4 unspecified atom stereocenters. The molecule has 8 N–H and O–H groups in total. The van der Waals surface area contributed by atoms with Crippen molar-refractivity contribution in [3.63, 3.8) is 0 Å². The Kier molecular flexibility index (Phi) is 10.5. The first-order chi connectivity index (χ1) is 13.7. The molecule has 0 saturated carbocycles. The van der Waals surface area contributed by atoms with Gasteiger partial charge in [-0.3, -0.25) is 14.4 Å². The summed E-state index contributed by atoms with van der Waals surface area (Å²) in [5, 5.41) is 25.1. The summed E-state index contributed by atoms with van der Waals surface area (Å²) < 4.78 is 0. The minimum absolute atomic E-state index is 0.0429. The molecule has 0 bridgehead atoms. The van der Waals surface area contributed by atoms with Crippen LogP contribution in [0, 0.1) is 0 Å². The number of aliphatic hydroxyl groups excluding tert-OH is 1. The Morgan fingerprint density at radius 2 is 1.62 bits per heavy atom. The van der Waals surface area contributed by atoms with Gasteiger partial charge in [-0.25, -0.2) is 9.78 Å². The minimum atomic E-state index is -1.54. The van der Waals surface area contributed by atoms with E-state index in [0.717, 1.165) is 0 Å². The highest BCUT2D eigenvalue weighted by Crippen LogP contribution is 2.02. The van der Waals surface area contributed by atoms with Gasteiger partial charge in [0.2, 0.25) is 17.7 Å². The van der Waals surface area contributed by atoms with Gasteiger partial charge in [-0.15, -0.1) is 0 Å². The number of thiol groups is 2. The SMILES string of the molecule is NC(CS)C(=O)NC(CS)C(=O)NC(Cc1cnc[nH]1)C(=O)NC(CO)C(=O)O. The molecular formula is C15H24N6O6S2. The number of carboxylic acid groups (broad SMARTS) is 1. The molecule has 1 rings (SSSR count). The molecule has 1 aromatic heterocycles. The third-order valence-corrected chi connectivity index (χ3v) is 4.52. The van der Waals surface area contributed by atoms with Crippen molar-refractivity contribution in [1.82, 2.24) is 25.9 Å². The van der Waals surface area contributed by atoms with Crippen LogP contribution in [-0.2, 0) is 25.6 Å². The van der Waals surface area contributed by atoms with Crippen LogP contribution in [-0.4, -0.2) is 86.2 Å². The summed E-state index contributed by atoms with van der Waals surface area (Å²) in [6.07, 6.45) is 2.75. The Morgan fingerprint density at radius 3 is 2.10 bits per heavy atom. The van der Waals surface area contributed by atoms with Crippen molar-refractivity contribution in [2.24, 2.45) is 5.73 Å². The van der Waals surface area contributed by atoms with Crippen LogP contribution in [0.3, 0.4) is 0 Å². The van der Waals surface area contributed by atoms with E-state index in [1.165, 1.54) is 12.5 Å². The molecule has 14 heteroatoms. The standard InChI is InChI=1S/C15H24N6O6S2/c16-8(4-28)12(23)21-11(5-29)14(25)19-9(1-7-2-17-6-18-7)13(24)20-10(3-22)15(26)27/h2,6,8-11,22,28-29H,1,3-5,16H2,(H,17,18)(H,19,25)(H,20,24)(H,21,23)(H,26,27). The fraction of sp³-hybridized carbons (Fsp3) is 0.533. The molecule has 0 aliphatic rings. The molecule has 0 aliphatic carbocycles. The van der Waals surface area contributed by atoms with E-state index in [1.54, 1.807) is 0 Å². The lowest BCUT2D eigenvalue weighted by Crippen LogP contribution is -2.58. The molecule has 4 atom stereocenters. The number of carbonyl (C=O) groups excluding carboxylic acids is 3. The van der Waals surface area contributed by atoms with E-state index >= 15 is 0 Å². The van der Waals surface area contributed by atoms with Crippen LogP contribution in [0.1, 0.15) is 5.69 Å². The number of hydrogen-bond donors (Lipinski definition) is 9. The highest BCUT2D eigenvalue weighted by Gasteiger charge is 2.30. The first kappa shape index (κ1) is 24.7. The lowest BCUT2D eigenvalue weighted by molar-refractivity contribution is -0.143. The maximum atomic E-state index is 12.5. The van der Waals surface area contributed by atoms with Gasteiger partial charge in [-0.05, 0) is 0 Å². The van der Waals surface area contributed by atoms with Gasteiger partial charge >= 0.3 is 5.97 Å². The zero-order chi connectivity index (χ0) is 22.0. The number of rotatable bonds is 12. The van der Waals surface area contributed by atoms with E-state index < -0.39 is 54.5 Å². The molecule has 29 heavy (non-hydrogen) atoms. The van der Waals surface area contributed by atoms with Crippen LogP contribution in [0.25, 0.3) is 0 Å². The highest BCUT2D eigenvalue weighted by molar-refractivity contribution is 7.80. The number of aliphatic hydroxyl groups is 1. The number of aromatic nitrogens is 2. The molecule has 12 nitrogen and oxygen atoms in total. The monoisotopic (exact) mass is 448 g/mol. The van der Waals surface area contributed by atoms with Gasteiger partial charge in [0.1, 0.15) is 18.1 Å². The molecule has 0 fully saturated rings. The second kappa shape index (κ2) is 12.3. The zero-order valence-electron chi connectivity index (χ0n) is 15.2. The summed E-state index contributed by atoms with van der Waals surface area (Å²) in [5.74, 6) is -3.64. The van der Waals surface area contributed by atoms with Gasteiger partial charge in [-0.2, -0.15) is 25.3 Å². The Hall–Kier alpha value is -2.29. The Labute approximate surface area is 177 Å². The highest BCUT2D eigenvalue weighted by atomic mass is 32.1. The topological polar surface area (TPSA) is 200 Å². The molecule has 0 saturated heterocycles. The van der Waals surface area contributed by atoms with Crippen LogP contribution in [0.2, 0.25) is 0 Å². The molecule has 0 radical (unpaired) electrons. The average Bonchev–Trinajstić information content (AvgIpc) is 3.21. The van der Waals surface area contributed by atoms with Crippen molar-refractivity contribution >= 4 is 48.9 Å². The molecule has 0 aliphatic heterocycles. The Bertz CT molecular complexity index is 703. The quantitative estimate of drug-likeness (QED) is 0.148. The van der Waals surface area contributed by atoms with E-state index in [9.17, 15) is 19.2 Å². The number of nitrogens with one attached hydrogen (secondary N) is 4. The van der Waals surface area contributed by atoms with Gasteiger partial charge in [0, 0.05) is 29.8 Å². The van der Waals surface area contributed by atoms with Gasteiger partial charge in [-0.1, -0.05) is 0 Å². The van der Waals surface area contributed by atoms with Crippen LogP contribution >= 0.6 is 25.3 Å². The Morgan fingerprint density at radius 1 is 1.03 bits per heavy atom. The van der Waals surface area contributed by atoms with Crippen LogP contribution in [0.4, 0.5) is 0 Å². The summed E-state index contributed by atoms with van der Waals surface area (Å²) in [4.78, 5) is 54.6. The normalized spacial score (nSPS) is 14.9. The number of carbonyl (C=O) groups is 4. The number of nitrogens with two attached hydrogens (primary N) is 1. The van der Waals surface area contributed by atoms with Crippen molar-refractivity contribution in [3.05, 3.63) is 18.2 Å². The van der Waals surface area contributed by atoms with Gasteiger partial charge in [0.15, 0.2) is 0 Å². The second-order valence-electron chi connectivity index (χ2n) is 5.96. The van der Waals surface area contributed by atoms with Crippen LogP contribution < -0.4 is 21.7 Å². The first-order valence-corrected chi connectivity index (χ1v) is 9.69. The number of amides is 3. The fourth-order valence-electron chi connectivity index (χ4n) is 2.11. The van der Waals surface area contributed by atoms with Crippen LogP contribution in [0.5, 0.6) is 0 Å². The summed E-state index contributed by atoms with van der Waals surface area (Å²) in [5.41, 5.74) is 6.05. The van der Waals surface area contributed by atoms with E-state index in [4.69, 9.17) is 15.9 Å². The molecule has 0 spiro atoms. The lowest BCUT2D eigenvalue weighted by Gasteiger charge is -2.23. The summed E-state index contributed by atoms with van der Waals surface area (Å²) >= 11 is 7.94. The summed E-state index contributed by atoms with van der Waals surface area (Å²) in [6, 6.07) is -4.79. The van der Waals surface area contributed by atoms with Crippen molar-refractivity contribution < 1.29 is 29.4 Å². The van der Waals surface area contributed by atoms with Gasteiger partial charge in [0.05, 0.1) is 19.0 Å². The maximum Gasteiger partial charge on any atom is 0.328 e. The van der Waals surface area contributed by atoms with E-state index in [0.29, 0.717) is 5.69 Å². The molecule has 3 amide bonds. The number of hydrogen-bond acceptors (Lipinski definition) is 9. The van der Waals surface area contributed by atoms with E-state index in [1.807, 2.05) is 0 Å². The van der Waals surface area contributed by atoms with E-state index in [-0.39, 0.29) is 17.9 Å². The van der Waals surface area contributed by atoms with Crippen molar-refractivity contribution in [3.8, 4) is 0 Å². The molecule has 162 valence electrons. The smallest absolute Gasteiger partial charge is 0.328 e. The predicted molar refractivity (Wildman–Crippen MR) is 108 cm³/mol. The first-order valence-electron chi connectivity index (χ1n) is 8.42. The number of aromatic amines is 1. The number of aliphatic carboxylic acids is 1. The van der Waals surface area contributed by atoms with Crippen molar-refractivity contribution in [2.75, 3.05) is 18.1 Å². The molecule has 1 aromatic rings. The Balaban J connectivity index is 2.91. The van der Waals surface area contributed by atoms with Gasteiger partial charge in [0.25, 0.3) is 0 Å². The minimum Gasteiger partial charge on any atom is -0.480 e. The lowest BCUT2D eigenvalue weighted by atomic mass is 10.1. The van der Waals surface area contributed by atoms with E-state index in [2.05, 4.69) is 51.2 Å². The molecule has 0 aromatic carbocycles. The summed E-state index contributed by atoms with van der Waals surface area (Å²) in [7, 11) is 0. The number of nitrogens with zero attached hydrogens (tertiary/aromatic N) is 1. The zero-order valence-corrected chi connectivity index (χ0v) is 17.0. The van der Waals surface area contributed by atoms with Gasteiger partial charge < -0.3 is 36.9 Å². The second-order valence-corrected chi connectivity index (χ2v) is 6.69. The number of H-pyrrole nitrogens is 1. The molecule has 1 heterocycles. The number of carboxylic acids is 1. The third kappa shape index (κ3) is 7.92. The third-order valence-electron chi connectivity index (χ3n) is 3.76. The molecular weight excluding hydrogens is 424 g/mol. The van der Waals surface area contributed by atoms with Crippen molar-refractivity contribution in [2.45, 2.75) is 30.6 Å². The largest absolute Gasteiger partial charge is 0.480 e. The fourth-order valence-corrected chi connectivity index (χ4v) is 2.53. The van der Waals surface area contributed by atoms with Crippen LogP contribution in [0.15, 0.2) is 12.5 Å².